The second-order valence-corrected chi connectivity index (χ2v) is 4.70. The predicted octanol–water partition coefficient (Wildman–Crippen LogP) is 1.41. The molecule has 1 aromatic rings. The molecule has 108 valence electrons. The van der Waals surface area contributed by atoms with Crippen molar-refractivity contribution in [2.24, 2.45) is 5.16 Å². The number of likely N-dealkylation sites (N-methyl/N-ethyl adjacent to an activating group) is 1. The first-order valence-corrected chi connectivity index (χ1v) is 6.94. The Hall–Kier alpha value is -1.88. The zero-order chi connectivity index (χ0) is 14.4. The maximum absolute atomic E-state index is 12.3. The largest absolute Gasteiger partial charge is 0.396 e. The van der Waals surface area contributed by atoms with Gasteiger partial charge in [0.15, 0.2) is 0 Å². The highest BCUT2D eigenvalue weighted by atomic mass is 16.6. The van der Waals surface area contributed by atoms with Crippen LogP contribution in [-0.2, 0) is 9.63 Å². The Morgan fingerprint density at radius 3 is 2.85 bits per heavy atom. The summed E-state index contributed by atoms with van der Waals surface area (Å²) in [5, 5.41) is 12.9. The Labute approximate surface area is 118 Å². The molecule has 1 amide bonds. The van der Waals surface area contributed by atoms with Crippen LogP contribution in [0.15, 0.2) is 35.5 Å². The van der Waals surface area contributed by atoms with Crippen LogP contribution in [0.5, 0.6) is 0 Å². The SMILES string of the molecule is CCN(CCCO)C(=O)C1CC(c2ccccc2)=NO1. The van der Waals surface area contributed by atoms with Crippen molar-refractivity contribution in [1.82, 2.24) is 4.90 Å². The molecular formula is C15H20N2O3. The van der Waals surface area contributed by atoms with Gasteiger partial charge in [0, 0.05) is 26.1 Å². The van der Waals surface area contributed by atoms with Crippen LogP contribution >= 0.6 is 0 Å². The fraction of sp³-hybridized carbons (Fsp3) is 0.467. The topological polar surface area (TPSA) is 62.1 Å². The summed E-state index contributed by atoms with van der Waals surface area (Å²) < 4.78 is 0. The summed E-state index contributed by atoms with van der Waals surface area (Å²) in [6.45, 7) is 3.16. The van der Waals surface area contributed by atoms with Gasteiger partial charge in [0.1, 0.15) is 0 Å². The maximum atomic E-state index is 12.3. The van der Waals surface area contributed by atoms with Gasteiger partial charge in [0.05, 0.1) is 5.71 Å². The third kappa shape index (κ3) is 3.36. The minimum Gasteiger partial charge on any atom is -0.396 e. The minimum absolute atomic E-state index is 0.0596. The summed E-state index contributed by atoms with van der Waals surface area (Å²) in [5.74, 6) is -0.0596. The van der Waals surface area contributed by atoms with Crippen LogP contribution in [-0.4, -0.2) is 47.4 Å². The van der Waals surface area contributed by atoms with Crippen LogP contribution in [0, 0.1) is 0 Å². The predicted molar refractivity (Wildman–Crippen MR) is 76.4 cm³/mol. The highest BCUT2D eigenvalue weighted by molar-refractivity contribution is 6.04. The molecule has 1 unspecified atom stereocenters. The van der Waals surface area contributed by atoms with Gasteiger partial charge in [-0.1, -0.05) is 35.5 Å². The fourth-order valence-electron chi connectivity index (χ4n) is 2.20. The van der Waals surface area contributed by atoms with Crippen LogP contribution in [0.4, 0.5) is 0 Å². The van der Waals surface area contributed by atoms with Crippen molar-refractivity contribution in [2.45, 2.75) is 25.9 Å². The van der Waals surface area contributed by atoms with Crippen LogP contribution in [0.1, 0.15) is 25.3 Å². The lowest BCUT2D eigenvalue weighted by Gasteiger charge is -2.22. The summed E-state index contributed by atoms with van der Waals surface area (Å²) in [4.78, 5) is 19.3. The molecule has 1 aromatic carbocycles. The molecule has 0 spiro atoms. The fourth-order valence-corrected chi connectivity index (χ4v) is 2.20. The number of oxime groups is 1. The van der Waals surface area contributed by atoms with Gasteiger partial charge in [0.25, 0.3) is 5.91 Å². The Morgan fingerprint density at radius 2 is 2.20 bits per heavy atom. The summed E-state index contributed by atoms with van der Waals surface area (Å²) in [7, 11) is 0. The van der Waals surface area contributed by atoms with E-state index < -0.39 is 6.10 Å². The van der Waals surface area contributed by atoms with E-state index in [2.05, 4.69) is 5.16 Å². The van der Waals surface area contributed by atoms with Crippen molar-refractivity contribution in [1.29, 1.82) is 0 Å². The van der Waals surface area contributed by atoms with E-state index in [0.29, 0.717) is 25.9 Å². The molecule has 1 aliphatic heterocycles. The van der Waals surface area contributed by atoms with Gasteiger partial charge >= 0.3 is 0 Å². The molecule has 20 heavy (non-hydrogen) atoms. The van der Waals surface area contributed by atoms with Gasteiger partial charge in [0.2, 0.25) is 6.10 Å². The Kier molecular flexibility index (Phi) is 5.12. The number of aliphatic hydroxyl groups excluding tert-OH is 1. The number of nitrogens with zero attached hydrogens (tertiary/aromatic N) is 2. The molecular weight excluding hydrogens is 256 g/mol. The van der Waals surface area contributed by atoms with E-state index in [1.54, 1.807) is 4.90 Å². The maximum Gasteiger partial charge on any atom is 0.266 e. The Morgan fingerprint density at radius 1 is 1.45 bits per heavy atom. The molecule has 0 aliphatic carbocycles. The average molecular weight is 276 g/mol. The Bertz CT molecular complexity index is 473. The van der Waals surface area contributed by atoms with E-state index in [-0.39, 0.29) is 12.5 Å². The van der Waals surface area contributed by atoms with Crippen molar-refractivity contribution in [3.8, 4) is 0 Å². The molecule has 2 rings (SSSR count). The van der Waals surface area contributed by atoms with Gasteiger partial charge < -0.3 is 14.8 Å². The zero-order valence-corrected chi connectivity index (χ0v) is 11.7. The van der Waals surface area contributed by atoms with Crippen molar-refractivity contribution in [3.05, 3.63) is 35.9 Å². The first kappa shape index (κ1) is 14.5. The first-order valence-electron chi connectivity index (χ1n) is 6.94. The third-order valence-electron chi connectivity index (χ3n) is 3.33. The number of benzene rings is 1. The monoisotopic (exact) mass is 276 g/mol. The number of hydrogen-bond donors (Lipinski definition) is 1. The molecule has 0 saturated carbocycles. The average Bonchev–Trinajstić information content (AvgIpc) is 2.98. The number of carbonyl (C=O) groups excluding carboxylic acids is 1. The smallest absolute Gasteiger partial charge is 0.266 e. The molecule has 0 bridgehead atoms. The molecule has 0 fully saturated rings. The standard InChI is InChI=1S/C15H20N2O3/c1-2-17(9-6-10-18)15(19)14-11-13(16-20-14)12-7-4-3-5-8-12/h3-5,7-8,14,18H,2,6,9-11H2,1H3. The first-order chi connectivity index (χ1) is 9.76. The van der Waals surface area contributed by atoms with E-state index in [0.717, 1.165) is 11.3 Å². The number of carbonyl (C=O) groups is 1. The lowest BCUT2D eigenvalue weighted by atomic mass is 10.0. The quantitative estimate of drug-likeness (QED) is 0.854. The zero-order valence-electron chi connectivity index (χ0n) is 11.7. The van der Waals surface area contributed by atoms with Crippen LogP contribution in [0.2, 0.25) is 0 Å². The molecule has 0 radical (unpaired) electrons. The lowest BCUT2D eigenvalue weighted by molar-refractivity contribution is -0.142. The molecule has 1 N–H and O–H groups in total. The van der Waals surface area contributed by atoms with Crippen LogP contribution < -0.4 is 0 Å². The van der Waals surface area contributed by atoms with Gasteiger partial charge in [-0.3, -0.25) is 4.79 Å². The lowest BCUT2D eigenvalue weighted by Crippen LogP contribution is -2.40. The van der Waals surface area contributed by atoms with Gasteiger partial charge in [-0.05, 0) is 18.9 Å². The molecule has 1 atom stereocenters. The van der Waals surface area contributed by atoms with Crippen LogP contribution in [0.25, 0.3) is 0 Å². The van der Waals surface area contributed by atoms with E-state index in [9.17, 15) is 4.79 Å². The summed E-state index contributed by atoms with van der Waals surface area (Å²) in [5.41, 5.74) is 1.79. The molecule has 0 saturated heterocycles. The van der Waals surface area contributed by atoms with E-state index in [1.165, 1.54) is 0 Å². The highest BCUT2D eigenvalue weighted by Crippen LogP contribution is 2.18. The summed E-state index contributed by atoms with van der Waals surface area (Å²) >= 11 is 0. The van der Waals surface area contributed by atoms with Crippen molar-refractivity contribution in [2.75, 3.05) is 19.7 Å². The van der Waals surface area contributed by atoms with E-state index in [1.807, 2.05) is 37.3 Å². The van der Waals surface area contributed by atoms with Gasteiger partial charge in [-0.2, -0.15) is 0 Å². The highest BCUT2D eigenvalue weighted by Gasteiger charge is 2.31. The van der Waals surface area contributed by atoms with Gasteiger partial charge in [-0.25, -0.2) is 0 Å². The molecule has 1 heterocycles. The molecule has 5 heteroatoms. The molecule has 0 aromatic heterocycles. The number of hydrogen-bond acceptors (Lipinski definition) is 4. The number of aliphatic hydroxyl groups is 1. The number of rotatable bonds is 6. The summed E-state index contributed by atoms with van der Waals surface area (Å²) in [6, 6.07) is 9.73. The van der Waals surface area contributed by atoms with E-state index >= 15 is 0 Å². The third-order valence-corrected chi connectivity index (χ3v) is 3.33. The number of amides is 1. The minimum atomic E-state index is -0.538. The van der Waals surface area contributed by atoms with Crippen molar-refractivity contribution < 1.29 is 14.7 Å². The summed E-state index contributed by atoms with van der Waals surface area (Å²) in [6.07, 6.45) is 0.542. The van der Waals surface area contributed by atoms with E-state index in [4.69, 9.17) is 9.94 Å². The van der Waals surface area contributed by atoms with Gasteiger partial charge in [-0.15, -0.1) is 0 Å². The van der Waals surface area contributed by atoms with Crippen molar-refractivity contribution >= 4 is 11.6 Å². The van der Waals surface area contributed by atoms with Crippen molar-refractivity contribution in [3.63, 3.8) is 0 Å². The van der Waals surface area contributed by atoms with Crippen LogP contribution in [0.3, 0.4) is 0 Å². The second kappa shape index (κ2) is 7.05. The Balaban J connectivity index is 1.95. The molecule has 1 aliphatic rings. The normalized spacial score (nSPS) is 17.5. The molecule has 5 nitrogen and oxygen atoms in total. The second-order valence-electron chi connectivity index (χ2n) is 4.70.